The van der Waals surface area contributed by atoms with Crippen LogP contribution in [0.25, 0.3) is 17.1 Å². The molecule has 154 valence electrons. The maximum atomic E-state index is 6.43. The van der Waals surface area contributed by atoms with Crippen LogP contribution in [0, 0.1) is 6.92 Å². The van der Waals surface area contributed by atoms with E-state index in [9.17, 15) is 0 Å². The van der Waals surface area contributed by atoms with Gasteiger partial charge in [-0.2, -0.15) is 0 Å². The Morgan fingerprint density at radius 2 is 1.83 bits per heavy atom. The molecule has 2 aromatic carbocycles. The fourth-order valence-corrected chi connectivity index (χ4v) is 4.51. The summed E-state index contributed by atoms with van der Waals surface area (Å²) in [6.45, 7) is 13.5. The third-order valence-electron chi connectivity index (χ3n) is 5.00. The van der Waals surface area contributed by atoms with Crippen molar-refractivity contribution in [3.63, 3.8) is 0 Å². The summed E-state index contributed by atoms with van der Waals surface area (Å²) in [6, 6.07) is 7.80. The van der Waals surface area contributed by atoms with Crippen molar-refractivity contribution in [3.05, 3.63) is 57.6 Å². The highest BCUT2D eigenvalue weighted by Gasteiger charge is 2.21. The van der Waals surface area contributed by atoms with Gasteiger partial charge in [-0.1, -0.05) is 67.9 Å². The third kappa shape index (κ3) is 4.76. The monoisotopic (exact) mass is 431 g/mol. The lowest BCUT2D eigenvalue weighted by Crippen LogP contribution is -2.13. The quantitative estimate of drug-likeness (QED) is 0.384. The zero-order chi connectivity index (χ0) is 21.2. The minimum atomic E-state index is -0.113. The molecular weight excluding hydrogens is 405 g/mol. The van der Waals surface area contributed by atoms with E-state index >= 15 is 0 Å². The van der Waals surface area contributed by atoms with Crippen molar-refractivity contribution in [2.45, 2.75) is 52.5 Å². The van der Waals surface area contributed by atoms with E-state index in [4.69, 9.17) is 27.9 Å². The molecule has 0 aliphatic rings. The van der Waals surface area contributed by atoms with Gasteiger partial charge < -0.3 is 4.74 Å². The van der Waals surface area contributed by atoms with Crippen molar-refractivity contribution in [3.8, 4) is 5.75 Å². The minimum absolute atomic E-state index is 0.113. The van der Waals surface area contributed by atoms with Crippen LogP contribution in [0.15, 0.2) is 30.8 Å². The average Bonchev–Trinajstić information content (AvgIpc) is 3.04. The van der Waals surface area contributed by atoms with Gasteiger partial charge in [0.1, 0.15) is 11.3 Å². The van der Waals surface area contributed by atoms with Crippen LogP contribution in [0.1, 0.15) is 50.3 Å². The van der Waals surface area contributed by atoms with E-state index in [0.717, 1.165) is 47.1 Å². The number of rotatable bonds is 7. The van der Waals surface area contributed by atoms with Crippen LogP contribution in [0.4, 0.5) is 0 Å². The van der Waals surface area contributed by atoms with Crippen molar-refractivity contribution >= 4 is 40.3 Å². The second kappa shape index (κ2) is 8.76. The molecule has 29 heavy (non-hydrogen) atoms. The summed E-state index contributed by atoms with van der Waals surface area (Å²) in [5, 5.41) is 9.91. The third-order valence-corrected chi connectivity index (χ3v) is 5.60. The normalized spacial score (nSPS) is 11.8. The summed E-state index contributed by atoms with van der Waals surface area (Å²) in [7, 11) is 0. The van der Waals surface area contributed by atoms with Crippen LogP contribution in [0.3, 0.4) is 0 Å². The molecule has 0 amide bonds. The van der Waals surface area contributed by atoms with E-state index in [1.54, 1.807) is 0 Å². The molecule has 0 radical (unpaired) electrons. The molecule has 0 aliphatic heterocycles. The van der Waals surface area contributed by atoms with Crippen molar-refractivity contribution in [2.24, 2.45) is 0 Å². The zero-order valence-electron chi connectivity index (χ0n) is 17.4. The predicted octanol–water partition coefficient (Wildman–Crippen LogP) is 6.85. The molecule has 0 spiro atoms. The lowest BCUT2D eigenvalue weighted by atomic mass is 9.87. The van der Waals surface area contributed by atoms with E-state index in [0.29, 0.717) is 22.4 Å². The highest BCUT2D eigenvalue weighted by molar-refractivity contribution is 6.36. The number of benzene rings is 2. The highest BCUT2D eigenvalue weighted by Crippen LogP contribution is 2.38. The molecule has 0 saturated heterocycles. The number of nitrogens with zero attached hydrogens (tertiary/aromatic N) is 3. The largest absolute Gasteiger partial charge is 0.493 e. The molecule has 4 nitrogen and oxygen atoms in total. The smallest absolute Gasteiger partial charge is 0.122 e. The average molecular weight is 432 g/mol. The van der Waals surface area contributed by atoms with Gasteiger partial charge in [0.05, 0.1) is 12.1 Å². The molecule has 0 bridgehead atoms. The highest BCUT2D eigenvalue weighted by atomic mass is 35.5. The van der Waals surface area contributed by atoms with E-state index in [2.05, 4.69) is 49.8 Å². The second-order valence-corrected chi connectivity index (χ2v) is 9.05. The molecule has 0 unspecified atom stereocenters. The van der Waals surface area contributed by atoms with E-state index in [-0.39, 0.29) is 5.41 Å². The zero-order valence-corrected chi connectivity index (χ0v) is 18.9. The first-order valence-corrected chi connectivity index (χ1v) is 10.6. The van der Waals surface area contributed by atoms with Crippen LogP contribution in [-0.4, -0.2) is 21.6 Å². The number of unbranched alkanes of at least 4 members (excludes halogenated alkanes) is 1. The van der Waals surface area contributed by atoms with Gasteiger partial charge in [-0.3, -0.25) is 0 Å². The van der Waals surface area contributed by atoms with Crippen molar-refractivity contribution in [2.75, 3.05) is 6.61 Å². The maximum absolute atomic E-state index is 6.43. The molecule has 3 aromatic rings. The van der Waals surface area contributed by atoms with Gasteiger partial charge in [-0.15, -0.1) is 5.10 Å². The predicted molar refractivity (Wildman–Crippen MR) is 122 cm³/mol. The van der Waals surface area contributed by atoms with E-state index < -0.39 is 0 Å². The lowest BCUT2D eigenvalue weighted by Gasteiger charge is -2.22. The van der Waals surface area contributed by atoms with Gasteiger partial charge in [0.15, 0.2) is 0 Å². The first-order chi connectivity index (χ1) is 13.7. The summed E-state index contributed by atoms with van der Waals surface area (Å²) < 4.78 is 7.81. The molecule has 0 aliphatic carbocycles. The van der Waals surface area contributed by atoms with Crippen molar-refractivity contribution in [1.82, 2.24) is 15.0 Å². The number of halogens is 2. The Kier molecular flexibility index (Phi) is 6.55. The summed E-state index contributed by atoms with van der Waals surface area (Å²) >= 11 is 12.9. The number of aromatic nitrogens is 3. The van der Waals surface area contributed by atoms with Gasteiger partial charge in [0, 0.05) is 16.6 Å². The number of hydrogen-bond acceptors (Lipinski definition) is 3. The Labute approximate surface area is 182 Å². The number of fused-ring (bicyclic) bond motifs is 1. The van der Waals surface area contributed by atoms with Crippen LogP contribution >= 0.6 is 23.2 Å². The van der Waals surface area contributed by atoms with Gasteiger partial charge in [0.2, 0.25) is 0 Å². The summed E-state index contributed by atoms with van der Waals surface area (Å²) in [5.74, 6) is 0.701. The molecule has 3 rings (SSSR count). The SMILES string of the molecule is C=Cc1ccc2c(nnn2CCCCOc2cc(Cl)c(C(C)(C)C)c(Cl)c2)c1C. The molecule has 6 heteroatoms. The Hall–Kier alpha value is -2.04. The fraction of sp³-hybridized carbons (Fsp3) is 0.391. The Balaban J connectivity index is 1.56. The Morgan fingerprint density at radius 1 is 1.14 bits per heavy atom. The lowest BCUT2D eigenvalue weighted by molar-refractivity contribution is 0.302. The summed E-state index contributed by atoms with van der Waals surface area (Å²) in [6.07, 6.45) is 3.67. The molecule has 0 atom stereocenters. The van der Waals surface area contributed by atoms with E-state index in [1.807, 2.05) is 29.8 Å². The Morgan fingerprint density at radius 3 is 2.45 bits per heavy atom. The molecule has 0 saturated carbocycles. The van der Waals surface area contributed by atoms with Crippen LogP contribution in [0.2, 0.25) is 10.0 Å². The van der Waals surface area contributed by atoms with Crippen LogP contribution in [0.5, 0.6) is 5.75 Å². The minimum Gasteiger partial charge on any atom is -0.493 e. The molecule has 1 heterocycles. The standard InChI is InChI=1S/C23H27Cl2N3O/c1-6-16-9-10-20-22(15(16)2)26-27-28(20)11-7-8-12-29-17-13-18(24)21(19(25)14-17)23(3,4)5/h6,9-10,13-14H,1,7-8,11-12H2,2-5H3. The van der Waals surface area contributed by atoms with Crippen molar-refractivity contribution < 1.29 is 4.74 Å². The van der Waals surface area contributed by atoms with E-state index in [1.165, 1.54) is 0 Å². The topological polar surface area (TPSA) is 39.9 Å². The first kappa shape index (κ1) is 21.7. The number of hydrogen-bond donors (Lipinski definition) is 0. The maximum Gasteiger partial charge on any atom is 0.122 e. The van der Waals surface area contributed by atoms with Crippen LogP contribution in [-0.2, 0) is 12.0 Å². The van der Waals surface area contributed by atoms with Gasteiger partial charge in [-0.25, -0.2) is 4.68 Å². The van der Waals surface area contributed by atoms with Gasteiger partial charge in [-0.05, 0) is 60.1 Å². The number of ether oxygens (including phenoxy) is 1. The second-order valence-electron chi connectivity index (χ2n) is 8.23. The summed E-state index contributed by atoms with van der Waals surface area (Å²) in [4.78, 5) is 0. The first-order valence-electron chi connectivity index (χ1n) is 9.80. The fourth-order valence-electron chi connectivity index (χ4n) is 3.47. The van der Waals surface area contributed by atoms with Gasteiger partial charge >= 0.3 is 0 Å². The summed E-state index contributed by atoms with van der Waals surface area (Å²) in [5.41, 5.74) is 5.01. The number of aryl methyl sites for hydroxylation is 2. The van der Waals surface area contributed by atoms with Crippen molar-refractivity contribution in [1.29, 1.82) is 0 Å². The van der Waals surface area contributed by atoms with Crippen LogP contribution < -0.4 is 4.74 Å². The Bertz CT molecular complexity index is 1010. The molecule has 0 N–H and O–H groups in total. The molecular formula is C23H27Cl2N3O. The molecule has 1 aromatic heterocycles. The van der Waals surface area contributed by atoms with Gasteiger partial charge in [0.25, 0.3) is 0 Å². The molecule has 0 fully saturated rings.